The molecular formula is C18H14ClNO3. The Morgan fingerprint density at radius 3 is 2.48 bits per heavy atom. The third kappa shape index (κ3) is 2.98. The van der Waals surface area contributed by atoms with Crippen molar-refractivity contribution in [2.24, 2.45) is 0 Å². The van der Waals surface area contributed by atoms with Crippen LogP contribution < -0.4 is 0 Å². The van der Waals surface area contributed by atoms with E-state index in [0.717, 1.165) is 16.5 Å². The van der Waals surface area contributed by atoms with Crippen molar-refractivity contribution in [2.75, 3.05) is 0 Å². The van der Waals surface area contributed by atoms with Crippen LogP contribution in [0.25, 0.3) is 10.9 Å². The van der Waals surface area contributed by atoms with E-state index in [2.05, 4.69) is 4.98 Å². The summed E-state index contributed by atoms with van der Waals surface area (Å²) in [5, 5.41) is 10.5. The zero-order valence-corrected chi connectivity index (χ0v) is 13.1. The summed E-state index contributed by atoms with van der Waals surface area (Å²) < 4.78 is 0. The van der Waals surface area contributed by atoms with Crippen molar-refractivity contribution in [3.8, 4) is 0 Å². The van der Waals surface area contributed by atoms with Gasteiger partial charge in [0.2, 0.25) is 5.78 Å². The van der Waals surface area contributed by atoms with E-state index in [1.807, 2.05) is 25.1 Å². The summed E-state index contributed by atoms with van der Waals surface area (Å²) in [7, 11) is 0. The van der Waals surface area contributed by atoms with Gasteiger partial charge in [0.05, 0.1) is 12.1 Å². The highest BCUT2D eigenvalue weighted by Crippen LogP contribution is 2.26. The van der Waals surface area contributed by atoms with Gasteiger partial charge in [-0.15, -0.1) is 0 Å². The first-order valence-electron chi connectivity index (χ1n) is 7.09. The van der Waals surface area contributed by atoms with Crippen LogP contribution in [0.5, 0.6) is 0 Å². The van der Waals surface area contributed by atoms with Crippen LogP contribution in [0.4, 0.5) is 0 Å². The Kier molecular flexibility index (Phi) is 3.92. The van der Waals surface area contributed by atoms with Gasteiger partial charge in [-0.05, 0) is 43.3 Å². The molecular weight excluding hydrogens is 314 g/mol. The minimum absolute atomic E-state index is 0.210. The van der Waals surface area contributed by atoms with Crippen molar-refractivity contribution in [3.05, 3.63) is 69.9 Å². The molecule has 23 heavy (non-hydrogen) atoms. The minimum atomic E-state index is -0.974. The van der Waals surface area contributed by atoms with Crippen molar-refractivity contribution in [1.82, 2.24) is 4.98 Å². The van der Waals surface area contributed by atoms with E-state index in [-0.39, 0.29) is 12.2 Å². The Morgan fingerprint density at radius 2 is 1.83 bits per heavy atom. The van der Waals surface area contributed by atoms with Crippen LogP contribution in [0, 0.1) is 6.92 Å². The molecule has 0 spiro atoms. The number of carbonyl (C=O) groups excluding carboxylic acids is 1. The highest BCUT2D eigenvalue weighted by atomic mass is 35.5. The second kappa shape index (κ2) is 5.89. The molecule has 5 heteroatoms. The Labute approximate surface area is 137 Å². The van der Waals surface area contributed by atoms with Gasteiger partial charge in [0.15, 0.2) is 0 Å². The van der Waals surface area contributed by atoms with Crippen LogP contribution in [0.15, 0.2) is 42.5 Å². The van der Waals surface area contributed by atoms with Crippen LogP contribution in [0.2, 0.25) is 5.02 Å². The topological polar surface area (TPSA) is 70.2 Å². The monoisotopic (exact) mass is 327 g/mol. The van der Waals surface area contributed by atoms with Crippen LogP contribution in [0.1, 0.15) is 27.2 Å². The number of aromatic amines is 1. The maximum Gasteiger partial charge on any atom is 0.307 e. The minimum Gasteiger partial charge on any atom is -0.481 e. The second-order valence-corrected chi connectivity index (χ2v) is 5.87. The van der Waals surface area contributed by atoms with E-state index in [1.54, 1.807) is 24.3 Å². The van der Waals surface area contributed by atoms with Crippen LogP contribution in [-0.4, -0.2) is 21.8 Å². The molecule has 3 rings (SSSR count). The van der Waals surface area contributed by atoms with Gasteiger partial charge in [0, 0.05) is 27.1 Å². The molecule has 1 aromatic heterocycles. The molecule has 0 aliphatic heterocycles. The molecule has 0 saturated carbocycles. The van der Waals surface area contributed by atoms with Gasteiger partial charge in [-0.25, -0.2) is 0 Å². The van der Waals surface area contributed by atoms with Crippen LogP contribution in [-0.2, 0) is 11.2 Å². The summed E-state index contributed by atoms with van der Waals surface area (Å²) in [4.78, 5) is 27.0. The lowest BCUT2D eigenvalue weighted by molar-refractivity contribution is -0.136. The molecule has 4 nitrogen and oxygen atoms in total. The molecule has 0 radical (unpaired) electrons. The maximum atomic E-state index is 12.7. The van der Waals surface area contributed by atoms with Gasteiger partial charge in [-0.1, -0.05) is 23.2 Å². The predicted molar refractivity (Wildman–Crippen MR) is 89.3 cm³/mol. The molecule has 0 atom stereocenters. The molecule has 0 fully saturated rings. The number of aromatic nitrogens is 1. The molecule has 2 aromatic carbocycles. The molecule has 3 aromatic rings. The standard InChI is InChI=1S/C18H14ClNO3/c1-10-2-7-15-13(8-10)14(9-16(21)22)17(20-15)18(23)11-3-5-12(19)6-4-11/h2-8,20H,9H2,1H3,(H,21,22). The van der Waals surface area contributed by atoms with Gasteiger partial charge >= 0.3 is 5.97 Å². The van der Waals surface area contributed by atoms with E-state index in [1.165, 1.54) is 0 Å². The number of ketones is 1. The predicted octanol–water partition coefficient (Wildman–Crippen LogP) is 3.99. The Balaban J connectivity index is 2.17. The van der Waals surface area contributed by atoms with E-state index >= 15 is 0 Å². The molecule has 1 heterocycles. The number of hydrogen-bond donors (Lipinski definition) is 2. The van der Waals surface area contributed by atoms with Gasteiger partial charge in [-0.3, -0.25) is 9.59 Å². The lowest BCUT2D eigenvalue weighted by atomic mass is 10.0. The van der Waals surface area contributed by atoms with Gasteiger partial charge in [0.25, 0.3) is 0 Å². The Hall–Kier alpha value is -2.59. The number of benzene rings is 2. The third-order valence-corrected chi connectivity index (χ3v) is 3.98. The van der Waals surface area contributed by atoms with Crippen molar-refractivity contribution in [2.45, 2.75) is 13.3 Å². The normalized spacial score (nSPS) is 10.9. The van der Waals surface area contributed by atoms with E-state index in [0.29, 0.717) is 21.8 Å². The summed E-state index contributed by atoms with van der Waals surface area (Å²) >= 11 is 5.85. The quantitative estimate of drug-likeness (QED) is 0.712. The first-order chi connectivity index (χ1) is 11.0. The Bertz CT molecular complexity index is 910. The molecule has 2 N–H and O–H groups in total. The second-order valence-electron chi connectivity index (χ2n) is 5.43. The third-order valence-electron chi connectivity index (χ3n) is 3.72. The molecule has 0 bridgehead atoms. The fourth-order valence-corrected chi connectivity index (χ4v) is 2.76. The summed E-state index contributed by atoms with van der Waals surface area (Å²) in [6.07, 6.45) is -0.210. The highest BCUT2D eigenvalue weighted by molar-refractivity contribution is 6.30. The van der Waals surface area contributed by atoms with Crippen molar-refractivity contribution >= 4 is 34.3 Å². The number of H-pyrrole nitrogens is 1. The highest BCUT2D eigenvalue weighted by Gasteiger charge is 2.21. The van der Waals surface area contributed by atoms with Gasteiger partial charge in [-0.2, -0.15) is 0 Å². The smallest absolute Gasteiger partial charge is 0.307 e. The van der Waals surface area contributed by atoms with Crippen molar-refractivity contribution < 1.29 is 14.7 Å². The van der Waals surface area contributed by atoms with Crippen LogP contribution >= 0.6 is 11.6 Å². The number of carboxylic acids is 1. The van der Waals surface area contributed by atoms with Crippen molar-refractivity contribution in [3.63, 3.8) is 0 Å². The first kappa shape index (κ1) is 15.3. The summed E-state index contributed by atoms with van der Waals surface area (Å²) in [5.41, 5.74) is 3.05. The Morgan fingerprint density at radius 1 is 1.13 bits per heavy atom. The summed E-state index contributed by atoms with van der Waals surface area (Å²) in [6, 6.07) is 12.2. The van der Waals surface area contributed by atoms with Gasteiger partial charge < -0.3 is 10.1 Å². The number of carbonyl (C=O) groups is 2. The molecule has 0 aliphatic carbocycles. The van der Waals surface area contributed by atoms with E-state index in [9.17, 15) is 14.7 Å². The van der Waals surface area contributed by atoms with E-state index in [4.69, 9.17) is 11.6 Å². The number of aryl methyl sites for hydroxylation is 1. The van der Waals surface area contributed by atoms with Gasteiger partial charge in [0.1, 0.15) is 0 Å². The number of halogens is 1. The first-order valence-corrected chi connectivity index (χ1v) is 7.47. The molecule has 0 amide bonds. The molecule has 0 saturated heterocycles. The number of nitrogens with one attached hydrogen (secondary N) is 1. The lowest BCUT2D eigenvalue weighted by Gasteiger charge is -2.03. The number of rotatable bonds is 4. The lowest BCUT2D eigenvalue weighted by Crippen LogP contribution is -2.08. The summed E-state index contributed by atoms with van der Waals surface area (Å²) in [6.45, 7) is 1.93. The molecule has 0 unspecified atom stereocenters. The largest absolute Gasteiger partial charge is 0.481 e. The number of aliphatic carboxylic acids is 1. The fraction of sp³-hybridized carbons (Fsp3) is 0.111. The maximum absolute atomic E-state index is 12.7. The number of hydrogen-bond acceptors (Lipinski definition) is 2. The number of fused-ring (bicyclic) bond motifs is 1. The van der Waals surface area contributed by atoms with Crippen molar-refractivity contribution in [1.29, 1.82) is 0 Å². The SMILES string of the molecule is Cc1ccc2[nH]c(C(=O)c3ccc(Cl)cc3)c(CC(=O)O)c2c1. The van der Waals surface area contributed by atoms with Crippen LogP contribution in [0.3, 0.4) is 0 Å². The average molecular weight is 328 g/mol. The zero-order chi connectivity index (χ0) is 16.6. The zero-order valence-electron chi connectivity index (χ0n) is 12.4. The van der Waals surface area contributed by atoms with E-state index < -0.39 is 5.97 Å². The average Bonchev–Trinajstić information content (AvgIpc) is 2.85. The molecule has 116 valence electrons. The fourth-order valence-electron chi connectivity index (χ4n) is 2.64. The summed E-state index contributed by atoms with van der Waals surface area (Å²) in [5.74, 6) is -1.22. The molecule has 0 aliphatic rings. The number of carboxylic acid groups (broad SMARTS) is 1.